The van der Waals surface area contributed by atoms with Gasteiger partial charge in [0.1, 0.15) is 28.4 Å². The second-order valence-corrected chi connectivity index (χ2v) is 10.7. The predicted molar refractivity (Wildman–Crippen MR) is 154 cm³/mol. The fourth-order valence-corrected chi connectivity index (χ4v) is 5.95. The van der Waals surface area contributed by atoms with Gasteiger partial charge in [-0.05, 0) is 54.5 Å². The number of benzene rings is 3. The van der Waals surface area contributed by atoms with Crippen LogP contribution in [0.1, 0.15) is 93.0 Å². The van der Waals surface area contributed by atoms with Gasteiger partial charge in [-0.1, -0.05) is 82.7 Å². The SMILES string of the molecule is CCCCCCc1cc2c(cc1OC)Oc1cc(OC)c(CCCCCC)cc1C2(c1ccccc1)C(F)(F)F. The molecule has 0 N–H and O–H groups in total. The topological polar surface area (TPSA) is 27.7 Å². The Hall–Kier alpha value is -3.15. The minimum absolute atomic E-state index is 0.104. The Kier molecular flexibility index (Phi) is 9.70. The smallest absolute Gasteiger partial charge is 0.406 e. The third-order valence-electron chi connectivity index (χ3n) is 8.02. The number of ether oxygens (including phenoxy) is 3. The summed E-state index contributed by atoms with van der Waals surface area (Å²) in [5.74, 6) is 1.39. The third-order valence-corrected chi connectivity index (χ3v) is 8.02. The summed E-state index contributed by atoms with van der Waals surface area (Å²) < 4.78 is 65.2. The number of aryl methyl sites for hydroxylation is 2. The largest absolute Gasteiger partial charge is 0.496 e. The van der Waals surface area contributed by atoms with E-state index in [2.05, 4.69) is 13.8 Å². The van der Waals surface area contributed by atoms with E-state index in [9.17, 15) is 0 Å². The first-order valence-electron chi connectivity index (χ1n) is 14.5. The molecule has 0 spiro atoms. The molecule has 4 rings (SSSR count). The van der Waals surface area contributed by atoms with Crippen molar-refractivity contribution in [2.45, 2.75) is 89.6 Å². The lowest BCUT2D eigenvalue weighted by Crippen LogP contribution is -2.46. The fourth-order valence-electron chi connectivity index (χ4n) is 5.95. The second kappa shape index (κ2) is 13.0. The Morgan fingerprint density at radius 3 is 1.55 bits per heavy atom. The lowest BCUT2D eigenvalue weighted by molar-refractivity contribution is -0.168. The maximum Gasteiger partial charge on any atom is 0.406 e. The van der Waals surface area contributed by atoms with Gasteiger partial charge in [-0.25, -0.2) is 0 Å². The van der Waals surface area contributed by atoms with E-state index in [-0.39, 0.29) is 28.2 Å². The van der Waals surface area contributed by atoms with Gasteiger partial charge in [0.2, 0.25) is 0 Å². The highest BCUT2D eigenvalue weighted by atomic mass is 19.4. The van der Waals surface area contributed by atoms with Gasteiger partial charge in [0, 0.05) is 23.3 Å². The van der Waals surface area contributed by atoms with Crippen LogP contribution in [0.3, 0.4) is 0 Å². The zero-order chi connectivity index (χ0) is 28.8. The van der Waals surface area contributed by atoms with E-state index >= 15 is 13.2 Å². The highest BCUT2D eigenvalue weighted by molar-refractivity contribution is 5.68. The molecule has 0 amide bonds. The molecule has 216 valence electrons. The molecule has 0 radical (unpaired) electrons. The van der Waals surface area contributed by atoms with Crippen LogP contribution < -0.4 is 14.2 Å². The summed E-state index contributed by atoms with van der Waals surface area (Å²) in [6, 6.07) is 14.8. The van der Waals surface area contributed by atoms with Crippen molar-refractivity contribution in [3.8, 4) is 23.0 Å². The molecule has 0 atom stereocenters. The zero-order valence-electron chi connectivity index (χ0n) is 24.1. The fraction of sp³-hybridized carbons (Fsp3) is 0.471. The van der Waals surface area contributed by atoms with E-state index < -0.39 is 11.6 Å². The number of hydrogen-bond donors (Lipinski definition) is 0. The number of alkyl halides is 3. The molecule has 6 heteroatoms. The number of halogens is 3. The van der Waals surface area contributed by atoms with Crippen LogP contribution in [0.4, 0.5) is 13.2 Å². The summed E-state index contributed by atoms with van der Waals surface area (Å²) in [5, 5.41) is 0. The molecule has 0 bridgehead atoms. The number of rotatable bonds is 13. The van der Waals surface area contributed by atoms with Crippen LogP contribution in [0.15, 0.2) is 54.6 Å². The van der Waals surface area contributed by atoms with E-state index in [1.165, 1.54) is 0 Å². The standard InChI is InChI=1S/C34H41F3O3/c1-5-7-9-12-16-24-20-27-31(22-29(24)38-3)40-32-23-30(39-4)25(17-13-10-8-6-2)21-28(32)33(27,34(35,36)37)26-18-14-11-15-19-26/h11,14-15,18-23H,5-10,12-13,16-17H2,1-4H3. The molecule has 0 saturated heterocycles. The van der Waals surface area contributed by atoms with Crippen molar-refractivity contribution in [2.24, 2.45) is 0 Å². The summed E-state index contributed by atoms with van der Waals surface area (Å²) in [4.78, 5) is 0. The Labute approximate surface area is 236 Å². The Morgan fingerprint density at radius 1 is 0.675 bits per heavy atom. The predicted octanol–water partition coefficient (Wildman–Crippen LogP) is 9.95. The molecule has 0 saturated carbocycles. The summed E-state index contributed by atoms with van der Waals surface area (Å²) >= 11 is 0. The van der Waals surface area contributed by atoms with Crippen LogP contribution in [0.5, 0.6) is 23.0 Å². The maximum atomic E-state index is 15.9. The molecular weight excluding hydrogens is 513 g/mol. The van der Waals surface area contributed by atoms with Gasteiger partial charge in [0.25, 0.3) is 0 Å². The molecule has 3 aromatic rings. The first-order valence-corrected chi connectivity index (χ1v) is 14.5. The minimum atomic E-state index is -4.65. The molecule has 1 aliphatic heterocycles. The van der Waals surface area contributed by atoms with Gasteiger partial charge in [0.15, 0.2) is 0 Å². The molecule has 0 aromatic heterocycles. The van der Waals surface area contributed by atoms with E-state index in [0.717, 1.165) is 62.5 Å². The van der Waals surface area contributed by atoms with Crippen molar-refractivity contribution in [1.82, 2.24) is 0 Å². The molecule has 0 unspecified atom stereocenters. The molecule has 1 aliphatic rings. The van der Waals surface area contributed by atoms with Crippen LogP contribution in [0, 0.1) is 0 Å². The average molecular weight is 555 g/mol. The lowest BCUT2D eigenvalue weighted by atomic mass is 9.66. The van der Waals surface area contributed by atoms with Crippen molar-refractivity contribution >= 4 is 0 Å². The molecule has 0 fully saturated rings. The molecule has 40 heavy (non-hydrogen) atoms. The minimum Gasteiger partial charge on any atom is -0.496 e. The van der Waals surface area contributed by atoms with Gasteiger partial charge >= 0.3 is 6.18 Å². The van der Waals surface area contributed by atoms with E-state index in [1.54, 1.807) is 68.8 Å². The van der Waals surface area contributed by atoms with Gasteiger partial charge in [0.05, 0.1) is 14.2 Å². The highest BCUT2D eigenvalue weighted by Gasteiger charge is 2.62. The normalized spacial score (nSPS) is 13.8. The summed E-state index contributed by atoms with van der Waals surface area (Å²) in [5.41, 5.74) is -0.507. The Morgan fingerprint density at radius 2 is 1.15 bits per heavy atom. The number of hydrogen-bond acceptors (Lipinski definition) is 3. The van der Waals surface area contributed by atoms with Crippen molar-refractivity contribution in [3.05, 3.63) is 82.4 Å². The van der Waals surface area contributed by atoms with Crippen LogP contribution in [0.2, 0.25) is 0 Å². The molecule has 1 heterocycles. The molecule has 3 aromatic carbocycles. The van der Waals surface area contributed by atoms with Crippen LogP contribution in [0.25, 0.3) is 0 Å². The van der Waals surface area contributed by atoms with Crippen molar-refractivity contribution in [2.75, 3.05) is 14.2 Å². The van der Waals surface area contributed by atoms with Gasteiger partial charge in [-0.15, -0.1) is 0 Å². The van der Waals surface area contributed by atoms with Crippen molar-refractivity contribution < 1.29 is 27.4 Å². The molecule has 0 aliphatic carbocycles. The molecular formula is C34H41F3O3. The average Bonchev–Trinajstić information content (AvgIpc) is 2.95. The highest BCUT2D eigenvalue weighted by Crippen LogP contribution is 2.60. The first-order chi connectivity index (χ1) is 19.3. The summed E-state index contributed by atoms with van der Waals surface area (Å²) in [6.07, 6.45) is 4.75. The molecule has 3 nitrogen and oxygen atoms in total. The monoisotopic (exact) mass is 554 g/mol. The second-order valence-electron chi connectivity index (χ2n) is 10.7. The maximum absolute atomic E-state index is 15.9. The van der Waals surface area contributed by atoms with E-state index in [4.69, 9.17) is 14.2 Å². The number of unbranched alkanes of at least 4 members (excludes halogenated alkanes) is 6. The van der Waals surface area contributed by atoms with E-state index in [0.29, 0.717) is 24.3 Å². The van der Waals surface area contributed by atoms with Gasteiger partial charge < -0.3 is 14.2 Å². The summed E-state index contributed by atoms with van der Waals surface area (Å²) in [7, 11) is 3.10. The van der Waals surface area contributed by atoms with Crippen molar-refractivity contribution in [3.63, 3.8) is 0 Å². The summed E-state index contributed by atoms with van der Waals surface area (Å²) in [6.45, 7) is 4.28. The Balaban J connectivity index is 1.97. The lowest BCUT2D eigenvalue weighted by Gasteiger charge is -2.42. The number of fused-ring (bicyclic) bond motifs is 2. The zero-order valence-corrected chi connectivity index (χ0v) is 24.1. The number of methoxy groups -OCH3 is 2. The van der Waals surface area contributed by atoms with Gasteiger partial charge in [-0.3, -0.25) is 0 Å². The Bertz CT molecular complexity index is 1200. The van der Waals surface area contributed by atoms with Crippen molar-refractivity contribution in [1.29, 1.82) is 0 Å². The van der Waals surface area contributed by atoms with E-state index in [1.807, 2.05) is 0 Å². The van der Waals surface area contributed by atoms with Crippen LogP contribution in [-0.2, 0) is 18.3 Å². The van der Waals surface area contributed by atoms with Gasteiger partial charge in [-0.2, -0.15) is 13.2 Å². The third kappa shape index (κ3) is 5.68. The van der Waals surface area contributed by atoms with Crippen LogP contribution in [-0.4, -0.2) is 20.4 Å². The van der Waals surface area contributed by atoms with Crippen LogP contribution >= 0.6 is 0 Å². The first kappa shape index (κ1) is 29.8. The quantitative estimate of drug-likeness (QED) is 0.197.